The quantitative estimate of drug-likeness (QED) is 0.895. The van der Waals surface area contributed by atoms with E-state index in [9.17, 15) is 4.79 Å². The van der Waals surface area contributed by atoms with E-state index in [2.05, 4.69) is 23.2 Å². The van der Waals surface area contributed by atoms with Crippen molar-refractivity contribution in [1.29, 1.82) is 5.26 Å². The highest BCUT2D eigenvalue weighted by atomic mass is 16.1. The summed E-state index contributed by atoms with van der Waals surface area (Å²) in [5, 5.41) is 11.7. The number of carbonyl (C=O) groups is 1. The van der Waals surface area contributed by atoms with Gasteiger partial charge in [0.1, 0.15) is 0 Å². The number of likely N-dealkylation sites (tertiary alicyclic amines) is 1. The zero-order chi connectivity index (χ0) is 14.4. The highest BCUT2D eigenvalue weighted by Crippen LogP contribution is 2.19. The molecule has 4 heteroatoms. The highest BCUT2D eigenvalue weighted by molar-refractivity contribution is 5.90. The lowest BCUT2D eigenvalue weighted by Gasteiger charge is -2.15. The van der Waals surface area contributed by atoms with Gasteiger partial charge in [0.2, 0.25) is 5.91 Å². The van der Waals surface area contributed by atoms with Crippen molar-refractivity contribution < 1.29 is 4.79 Å². The number of nitrogens with zero attached hydrogens (tertiary/aromatic N) is 2. The van der Waals surface area contributed by atoms with Gasteiger partial charge in [0.05, 0.1) is 11.6 Å². The van der Waals surface area contributed by atoms with Crippen molar-refractivity contribution in [2.24, 2.45) is 5.92 Å². The maximum atomic E-state index is 11.9. The Bertz CT molecular complexity index is 507. The third-order valence-electron chi connectivity index (χ3n) is 3.88. The van der Waals surface area contributed by atoms with Gasteiger partial charge in [0.25, 0.3) is 0 Å². The predicted molar refractivity (Wildman–Crippen MR) is 79.2 cm³/mol. The van der Waals surface area contributed by atoms with Gasteiger partial charge in [-0.15, -0.1) is 0 Å². The van der Waals surface area contributed by atoms with E-state index in [1.54, 1.807) is 18.2 Å². The monoisotopic (exact) mass is 271 g/mol. The number of amides is 1. The summed E-state index contributed by atoms with van der Waals surface area (Å²) in [7, 11) is 0. The van der Waals surface area contributed by atoms with Gasteiger partial charge in [-0.25, -0.2) is 0 Å². The Hall–Kier alpha value is -1.86. The summed E-state index contributed by atoms with van der Waals surface area (Å²) in [6.07, 6.45) is 2.99. The van der Waals surface area contributed by atoms with E-state index < -0.39 is 0 Å². The Balaban J connectivity index is 1.77. The molecule has 2 rings (SSSR count). The average Bonchev–Trinajstić information content (AvgIpc) is 2.93. The van der Waals surface area contributed by atoms with E-state index in [4.69, 9.17) is 5.26 Å². The molecule has 0 radical (unpaired) electrons. The molecule has 0 aliphatic carbocycles. The van der Waals surface area contributed by atoms with E-state index in [1.807, 2.05) is 6.07 Å². The number of rotatable bonds is 5. The van der Waals surface area contributed by atoms with Crippen molar-refractivity contribution in [3.63, 3.8) is 0 Å². The summed E-state index contributed by atoms with van der Waals surface area (Å²) < 4.78 is 0. The van der Waals surface area contributed by atoms with Crippen LogP contribution in [0.4, 0.5) is 5.69 Å². The molecule has 1 aromatic carbocycles. The van der Waals surface area contributed by atoms with Crippen LogP contribution in [0.15, 0.2) is 24.3 Å². The van der Waals surface area contributed by atoms with Crippen molar-refractivity contribution in [3.05, 3.63) is 29.8 Å². The van der Waals surface area contributed by atoms with Crippen LogP contribution in [0.5, 0.6) is 0 Å². The second kappa shape index (κ2) is 7.06. The maximum Gasteiger partial charge on any atom is 0.225 e. The molecule has 1 aromatic rings. The maximum absolute atomic E-state index is 11.9. The summed E-state index contributed by atoms with van der Waals surface area (Å²) in [6, 6.07) is 9.08. The third-order valence-corrected chi connectivity index (χ3v) is 3.88. The zero-order valence-electron chi connectivity index (χ0n) is 11.9. The lowest BCUT2D eigenvalue weighted by Crippen LogP contribution is -2.26. The molecule has 0 aromatic heterocycles. The lowest BCUT2D eigenvalue weighted by atomic mass is 10.1. The summed E-state index contributed by atoms with van der Waals surface area (Å²) in [4.78, 5) is 14.3. The van der Waals surface area contributed by atoms with Crippen LogP contribution in [0.1, 0.15) is 31.7 Å². The van der Waals surface area contributed by atoms with Gasteiger partial charge in [-0.3, -0.25) is 4.79 Å². The Labute approximate surface area is 120 Å². The Kier molecular flexibility index (Phi) is 5.14. The number of nitrogens with one attached hydrogen (secondary N) is 1. The predicted octanol–water partition coefficient (Wildman–Crippen LogP) is 2.62. The Morgan fingerprint density at radius 3 is 3.10 bits per heavy atom. The van der Waals surface area contributed by atoms with Crippen LogP contribution in [0.2, 0.25) is 0 Å². The standard InChI is InChI=1S/C16H21N3O/c1-2-13-6-8-19(12-13)9-7-16(20)18-15-5-3-4-14(10-15)11-17/h3-5,10,13H,2,6-9,12H2,1H3,(H,18,20). The van der Waals surface area contributed by atoms with Crippen molar-refractivity contribution in [2.75, 3.05) is 25.0 Å². The van der Waals surface area contributed by atoms with Crippen molar-refractivity contribution >= 4 is 11.6 Å². The van der Waals surface area contributed by atoms with Gasteiger partial charge in [-0.05, 0) is 37.1 Å². The molecule has 0 spiro atoms. The second-order valence-corrected chi connectivity index (χ2v) is 5.35. The van der Waals surface area contributed by atoms with Crippen LogP contribution < -0.4 is 5.32 Å². The lowest BCUT2D eigenvalue weighted by molar-refractivity contribution is -0.116. The first-order chi connectivity index (χ1) is 9.71. The topological polar surface area (TPSA) is 56.1 Å². The molecule has 1 aliphatic rings. The van der Waals surface area contributed by atoms with Crippen LogP contribution in [-0.2, 0) is 4.79 Å². The van der Waals surface area contributed by atoms with Gasteiger partial charge in [0.15, 0.2) is 0 Å². The number of nitriles is 1. The van der Waals surface area contributed by atoms with Gasteiger partial charge < -0.3 is 10.2 Å². The summed E-state index contributed by atoms with van der Waals surface area (Å²) in [5.41, 5.74) is 1.26. The van der Waals surface area contributed by atoms with E-state index >= 15 is 0 Å². The second-order valence-electron chi connectivity index (χ2n) is 5.35. The fourth-order valence-corrected chi connectivity index (χ4v) is 2.60. The molecule has 1 aliphatic heterocycles. The summed E-state index contributed by atoms with van der Waals surface area (Å²) in [6.45, 7) is 5.27. The third kappa shape index (κ3) is 4.07. The normalized spacial score (nSPS) is 18.7. The average molecular weight is 271 g/mol. The van der Waals surface area contributed by atoms with Crippen LogP contribution in [0.3, 0.4) is 0 Å². The first-order valence-electron chi connectivity index (χ1n) is 7.23. The molecule has 1 N–H and O–H groups in total. The number of anilines is 1. The molecule has 1 amide bonds. The summed E-state index contributed by atoms with van der Waals surface area (Å²) in [5.74, 6) is 0.811. The van der Waals surface area contributed by atoms with Crippen molar-refractivity contribution in [1.82, 2.24) is 4.90 Å². The molecule has 4 nitrogen and oxygen atoms in total. The highest BCUT2D eigenvalue weighted by Gasteiger charge is 2.20. The molecule has 1 saturated heterocycles. The molecule has 0 saturated carbocycles. The minimum Gasteiger partial charge on any atom is -0.326 e. The minimum absolute atomic E-state index is 0.0139. The molecule has 106 valence electrons. The van der Waals surface area contributed by atoms with Gasteiger partial charge in [-0.1, -0.05) is 19.4 Å². The van der Waals surface area contributed by atoms with Crippen LogP contribution in [0, 0.1) is 17.2 Å². The fraction of sp³-hybridized carbons (Fsp3) is 0.500. The van der Waals surface area contributed by atoms with E-state index in [0.29, 0.717) is 17.7 Å². The molecule has 1 fully saturated rings. The van der Waals surface area contributed by atoms with Crippen LogP contribution in [0.25, 0.3) is 0 Å². The smallest absolute Gasteiger partial charge is 0.225 e. The molecular weight excluding hydrogens is 250 g/mol. The van der Waals surface area contributed by atoms with Gasteiger partial charge in [-0.2, -0.15) is 5.26 Å². The first-order valence-corrected chi connectivity index (χ1v) is 7.23. The van der Waals surface area contributed by atoms with Crippen molar-refractivity contribution in [2.45, 2.75) is 26.2 Å². The Morgan fingerprint density at radius 1 is 1.55 bits per heavy atom. The molecule has 1 unspecified atom stereocenters. The zero-order valence-corrected chi connectivity index (χ0v) is 11.9. The minimum atomic E-state index is 0.0139. The van der Waals surface area contributed by atoms with E-state index in [1.165, 1.54) is 12.8 Å². The number of hydrogen-bond acceptors (Lipinski definition) is 3. The van der Waals surface area contributed by atoms with E-state index in [0.717, 1.165) is 25.6 Å². The molecule has 20 heavy (non-hydrogen) atoms. The van der Waals surface area contributed by atoms with Gasteiger partial charge >= 0.3 is 0 Å². The fourth-order valence-electron chi connectivity index (χ4n) is 2.60. The van der Waals surface area contributed by atoms with Crippen molar-refractivity contribution in [3.8, 4) is 6.07 Å². The SMILES string of the molecule is CCC1CCN(CCC(=O)Nc2cccc(C#N)c2)C1. The number of benzene rings is 1. The molecular formula is C16H21N3O. The van der Waals surface area contributed by atoms with Gasteiger partial charge in [0, 0.05) is 25.2 Å². The molecule has 0 bridgehead atoms. The number of carbonyl (C=O) groups excluding carboxylic acids is 1. The van der Waals surface area contributed by atoms with Crippen LogP contribution in [-0.4, -0.2) is 30.4 Å². The number of hydrogen-bond donors (Lipinski definition) is 1. The molecule has 1 atom stereocenters. The Morgan fingerprint density at radius 2 is 2.40 bits per heavy atom. The molecule has 1 heterocycles. The summed E-state index contributed by atoms with van der Waals surface area (Å²) >= 11 is 0. The van der Waals surface area contributed by atoms with E-state index in [-0.39, 0.29) is 5.91 Å². The van der Waals surface area contributed by atoms with Crippen LogP contribution >= 0.6 is 0 Å². The largest absolute Gasteiger partial charge is 0.326 e. The first kappa shape index (κ1) is 14.5.